The monoisotopic (exact) mass is 355 g/mol. The van der Waals surface area contributed by atoms with Crippen molar-refractivity contribution in [3.05, 3.63) is 34.1 Å². The van der Waals surface area contributed by atoms with Gasteiger partial charge in [0.15, 0.2) is 0 Å². The molecule has 1 atom stereocenters. The summed E-state index contributed by atoms with van der Waals surface area (Å²) >= 11 is 5.88. The Hall–Kier alpha value is -2.08. The van der Waals surface area contributed by atoms with E-state index >= 15 is 0 Å². The molecule has 0 radical (unpaired) electrons. The van der Waals surface area contributed by atoms with Gasteiger partial charge in [-0.05, 0) is 38.2 Å². The zero-order chi connectivity index (χ0) is 17.9. The van der Waals surface area contributed by atoms with Crippen molar-refractivity contribution in [2.45, 2.75) is 33.1 Å². The Kier molecular flexibility index (Phi) is 5.83. The first-order valence-corrected chi connectivity index (χ1v) is 8.09. The van der Waals surface area contributed by atoms with E-state index in [-0.39, 0.29) is 33.5 Å². The minimum atomic E-state index is -1.11. The van der Waals surface area contributed by atoms with Gasteiger partial charge in [0, 0.05) is 17.2 Å². The summed E-state index contributed by atoms with van der Waals surface area (Å²) in [6.45, 7) is 4.03. The van der Waals surface area contributed by atoms with Crippen LogP contribution in [-0.4, -0.2) is 23.6 Å². The second-order valence-electron chi connectivity index (χ2n) is 5.76. The molecule has 0 fully saturated rings. The molecule has 1 aromatic carbocycles. The van der Waals surface area contributed by atoms with Crippen molar-refractivity contribution in [2.24, 2.45) is 5.92 Å². The van der Waals surface area contributed by atoms with Gasteiger partial charge in [0.05, 0.1) is 17.3 Å². The van der Waals surface area contributed by atoms with Crippen molar-refractivity contribution in [3.8, 4) is 5.75 Å². The predicted molar refractivity (Wildman–Crippen MR) is 88.9 cm³/mol. The lowest BCUT2D eigenvalue weighted by atomic mass is 9.84. The van der Waals surface area contributed by atoms with E-state index in [2.05, 4.69) is 5.32 Å². The molecule has 0 saturated heterocycles. The van der Waals surface area contributed by atoms with E-state index in [1.807, 2.05) is 6.92 Å². The van der Waals surface area contributed by atoms with Gasteiger partial charge >= 0.3 is 5.97 Å². The van der Waals surface area contributed by atoms with Crippen LogP contribution in [0.2, 0.25) is 5.02 Å². The molecule has 1 aliphatic rings. The van der Waals surface area contributed by atoms with E-state index in [0.717, 1.165) is 6.07 Å². The van der Waals surface area contributed by atoms with Crippen molar-refractivity contribution in [2.75, 3.05) is 11.9 Å². The summed E-state index contributed by atoms with van der Waals surface area (Å²) in [5.41, 5.74) is 0.183. The van der Waals surface area contributed by atoms with Gasteiger partial charge in [-0.2, -0.15) is 0 Å². The molecular formula is C17H19ClFNO4. The first-order chi connectivity index (χ1) is 11.3. The number of carboxylic acid groups (broad SMARTS) is 1. The van der Waals surface area contributed by atoms with Crippen LogP contribution < -0.4 is 10.1 Å². The smallest absolute Gasteiger partial charge is 0.332 e. The fourth-order valence-electron chi connectivity index (χ4n) is 2.67. The fourth-order valence-corrected chi connectivity index (χ4v) is 2.88. The largest absolute Gasteiger partial charge is 0.492 e. The number of halogens is 2. The molecule has 2 rings (SSSR count). The number of rotatable bonds is 5. The molecule has 0 bridgehead atoms. The summed E-state index contributed by atoms with van der Waals surface area (Å²) in [5.74, 6) is -1.98. The quantitative estimate of drug-likeness (QED) is 0.836. The highest BCUT2D eigenvalue weighted by atomic mass is 35.5. The Balaban J connectivity index is 2.30. The number of nitrogens with one attached hydrogen (secondary N) is 1. The van der Waals surface area contributed by atoms with Crippen LogP contribution in [0.3, 0.4) is 0 Å². The Morgan fingerprint density at radius 3 is 2.75 bits per heavy atom. The summed E-state index contributed by atoms with van der Waals surface area (Å²) in [6, 6.07) is 2.35. The van der Waals surface area contributed by atoms with E-state index in [1.54, 1.807) is 6.92 Å². The normalized spacial score (nSPS) is 17.6. The molecule has 130 valence electrons. The third-order valence-electron chi connectivity index (χ3n) is 3.91. The summed E-state index contributed by atoms with van der Waals surface area (Å²) in [4.78, 5) is 23.8. The van der Waals surface area contributed by atoms with Gasteiger partial charge < -0.3 is 15.2 Å². The van der Waals surface area contributed by atoms with Gasteiger partial charge in [-0.3, -0.25) is 4.79 Å². The number of benzene rings is 1. The first-order valence-electron chi connectivity index (χ1n) is 7.72. The number of carbonyl (C=O) groups excluding carboxylic acids is 1. The maximum Gasteiger partial charge on any atom is 0.332 e. The van der Waals surface area contributed by atoms with Gasteiger partial charge in [0.25, 0.3) is 5.91 Å². The molecule has 1 unspecified atom stereocenters. The lowest BCUT2D eigenvalue weighted by Crippen LogP contribution is -2.24. The number of aliphatic carboxylic acids is 1. The van der Waals surface area contributed by atoms with Crippen LogP contribution in [0, 0.1) is 11.7 Å². The van der Waals surface area contributed by atoms with Crippen molar-refractivity contribution in [1.82, 2.24) is 0 Å². The van der Waals surface area contributed by atoms with Crippen molar-refractivity contribution in [3.63, 3.8) is 0 Å². The minimum Gasteiger partial charge on any atom is -0.492 e. The number of anilines is 1. The van der Waals surface area contributed by atoms with E-state index < -0.39 is 17.7 Å². The molecule has 24 heavy (non-hydrogen) atoms. The van der Waals surface area contributed by atoms with E-state index in [9.17, 15) is 19.1 Å². The molecule has 0 heterocycles. The molecule has 0 aromatic heterocycles. The average molecular weight is 356 g/mol. The standard InChI is InChI=1S/C17H19ClFNO4/c1-3-24-15-8-14(13(19)7-12(15)18)20-16(21)10-5-4-9(2)6-11(10)17(22)23/h7-9H,3-6H2,1-2H3,(H,20,21)(H,22,23). The van der Waals surface area contributed by atoms with Gasteiger partial charge in [-0.25, -0.2) is 9.18 Å². The van der Waals surface area contributed by atoms with Crippen LogP contribution in [0.25, 0.3) is 0 Å². The third-order valence-corrected chi connectivity index (χ3v) is 4.20. The molecule has 1 aliphatic carbocycles. The van der Waals surface area contributed by atoms with Crippen LogP contribution in [0.4, 0.5) is 10.1 Å². The van der Waals surface area contributed by atoms with E-state index in [1.165, 1.54) is 6.07 Å². The van der Waals surface area contributed by atoms with Crippen molar-refractivity contribution < 1.29 is 23.8 Å². The highest BCUT2D eigenvalue weighted by molar-refractivity contribution is 6.32. The number of ether oxygens (including phenoxy) is 1. The number of carbonyl (C=O) groups is 2. The van der Waals surface area contributed by atoms with Gasteiger partial charge in [-0.15, -0.1) is 0 Å². The Labute approximate surface area is 144 Å². The second-order valence-corrected chi connectivity index (χ2v) is 6.17. The number of hydrogen-bond acceptors (Lipinski definition) is 3. The highest BCUT2D eigenvalue weighted by Crippen LogP contribution is 2.33. The predicted octanol–water partition coefficient (Wildman–Crippen LogP) is 4.02. The van der Waals surface area contributed by atoms with E-state index in [4.69, 9.17) is 16.3 Å². The third kappa shape index (κ3) is 4.06. The average Bonchev–Trinajstić information content (AvgIpc) is 2.51. The molecule has 0 saturated carbocycles. The van der Waals surface area contributed by atoms with Gasteiger partial charge in [0.1, 0.15) is 11.6 Å². The van der Waals surface area contributed by atoms with Crippen molar-refractivity contribution in [1.29, 1.82) is 0 Å². The highest BCUT2D eigenvalue weighted by Gasteiger charge is 2.27. The van der Waals surface area contributed by atoms with Crippen LogP contribution in [0.1, 0.15) is 33.1 Å². The zero-order valence-corrected chi connectivity index (χ0v) is 14.2. The Bertz CT molecular complexity index is 702. The molecule has 0 aliphatic heterocycles. The van der Waals surface area contributed by atoms with Crippen LogP contribution in [0.15, 0.2) is 23.3 Å². The number of carboxylic acids is 1. The molecule has 0 spiro atoms. The van der Waals surface area contributed by atoms with Gasteiger partial charge in [0.2, 0.25) is 0 Å². The molecule has 7 heteroatoms. The second kappa shape index (κ2) is 7.66. The summed E-state index contributed by atoms with van der Waals surface area (Å²) < 4.78 is 19.3. The molecule has 2 N–H and O–H groups in total. The Morgan fingerprint density at radius 1 is 1.42 bits per heavy atom. The molecule has 1 aromatic rings. The molecule has 5 nitrogen and oxygen atoms in total. The van der Waals surface area contributed by atoms with Crippen LogP contribution >= 0.6 is 11.6 Å². The molecular weight excluding hydrogens is 337 g/mol. The van der Waals surface area contributed by atoms with Crippen molar-refractivity contribution >= 4 is 29.2 Å². The van der Waals surface area contributed by atoms with Crippen LogP contribution in [0.5, 0.6) is 5.75 Å². The SMILES string of the molecule is CCOc1cc(NC(=O)C2=C(C(=O)O)CC(C)CC2)c(F)cc1Cl. The summed E-state index contributed by atoms with van der Waals surface area (Å²) in [7, 11) is 0. The number of amides is 1. The fraction of sp³-hybridized carbons (Fsp3) is 0.412. The minimum absolute atomic E-state index is 0.0886. The topological polar surface area (TPSA) is 75.6 Å². The summed E-state index contributed by atoms with van der Waals surface area (Å²) in [5, 5.41) is 11.8. The Morgan fingerprint density at radius 2 is 2.12 bits per heavy atom. The summed E-state index contributed by atoms with van der Waals surface area (Å²) in [6.07, 6.45) is 1.39. The lowest BCUT2D eigenvalue weighted by Gasteiger charge is -2.22. The number of hydrogen-bond donors (Lipinski definition) is 2. The van der Waals surface area contributed by atoms with E-state index in [0.29, 0.717) is 25.9 Å². The first kappa shape index (κ1) is 18.3. The maximum absolute atomic E-state index is 14.0. The lowest BCUT2D eigenvalue weighted by molar-refractivity contribution is -0.133. The zero-order valence-electron chi connectivity index (χ0n) is 13.5. The maximum atomic E-state index is 14.0. The molecule has 1 amide bonds. The van der Waals surface area contributed by atoms with Crippen LogP contribution in [-0.2, 0) is 9.59 Å². The van der Waals surface area contributed by atoms with Gasteiger partial charge in [-0.1, -0.05) is 18.5 Å².